The van der Waals surface area contributed by atoms with Gasteiger partial charge < -0.3 is 19.5 Å². The minimum absolute atomic E-state index is 0.271. The van der Waals surface area contributed by atoms with Gasteiger partial charge in [0.25, 0.3) is 5.56 Å². The van der Waals surface area contributed by atoms with Crippen LogP contribution in [0.15, 0.2) is 46.0 Å². The Hall–Kier alpha value is -3.75. The van der Waals surface area contributed by atoms with Gasteiger partial charge in [0.05, 0.1) is 32.2 Å². The zero-order chi connectivity index (χ0) is 23.4. The van der Waals surface area contributed by atoms with Gasteiger partial charge in [-0.25, -0.2) is 4.79 Å². The van der Waals surface area contributed by atoms with Gasteiger partial charge in [0.15, 0.2) is 11.5 Å². The van der Waals surface area contributed by atoms with E-state index in [-0.39, 0.29) is 18.1 Å². The normalized spacial score (nSPS) is 11.8. The van der Waals surface area contributed by atoms with Crippen LogP contribution in [0.25, 0.3) is 10.9 Å². The molecule has 0 saturated carbocycles. The lowest BCUT2D eigenvalue weighted by molar-refractivity contribution is -0.116. The molecule has 3 aromatic rings. The average molecular weight is 441 g/mol. The molecule has 0 bridgehead atoms. The third kappa shape index (κ3) is 4.18. The molecule has 2 aromatic carbocycles. The first kappa shape index (κ1) is 22.9. The molecule has 0 aliphatic heterocycles. The highest BCUT2D eigenvalue weighted by atomic mass is 16.5. The number of ether oxygens (including phenoxy) is 3. The molecule has 0 radical (unpaired) electrons. The van der Waals surface area contributed by atoms with Crippen molar-refractivity contribution >= 4 is 22.5 Å². The molecule has 1 N–H and O–H groups in total. The minimum Gasteiger partial charge on any atom is -0.493 e. The quantitative estimate of drug-likeness (QED) is 0.577. The Morgan fingerprint density at radius 2 is 1.66 bits per heavy atom. The number of methoxy groups -OCH3 is 3. The number of nitrogens with zero attached hydrogens (tertiary/aromatic N) is 2. The molecule has 1 amide bonds. The van der Waals surface area contributed by atoms with Crippen LogP contribution >= 0.6 is 0 Å². The summed E-state index contributed by atoms with van der Waals surface area (Å²) >= 11 is 0. The number of benzene rings is 2. The zero-order valence-corrected chi connectivity index (χ0v) is 18.8. The van der Waals surface area contributed by atoms with Crippen molar-refractivity contribution in [2.45, 2.75) is 32.9 Å². The predicted octanol–water partition coefficient (Wildman–Crippen LogP) is 2.80. The van der Waals surface area contributed by atoms with Crippen LogP contribution in [0.5, 0.6) is 17.2 Å². The van der Waals surface area contributed by atoms with Crippen molar-refractivity contribution in [2.24, 2.45) is 0 Å². The van der Waals surface area contributed by atoms with Crippen LogP contribution in [0.4, 0.5) is 5.69 Å². The second-order valence-corrected chi connectivity index (χ2v) is 7.28. The summed E-state index contributed by atoms with van der Waals surface area (Å²) < 4.78 is 18.4. The molecule has 1 aromatic heterocycles. The van der Waals surface area contributed by atoms with Crippen LogP contribution in [0, 0.1) is 0 Å². The highest BCUT2D eigenvalue weighted by Gasteiger charge is 2.19. The molecule has 1 heterocycles. The SMILES string of the molecule is CC[C@@H](C)n1c(=O)c2ccccc2n(CC(=O)Nc2cc(OC)c(OC)c(OC)c2)c1=O. The van der Waals surface area contributed by atoms with Crippen molar-refractivity contribution < 1.29 is 19.0 Å². The van der Waals surface area contributed by atoms with Crippen molar-refractivity contribution in [1.29, 1.82) is 0 Å². The molecule has 0 spiro atoms. The summed E-state index contributed by atoms with van der Waals surface area (Å²) in [6.07, 6.45) is 0.602. The van der Waals surface area contributed by atoms with Gasteiger partial charge in [0, 0.05) is 23.9 Å². The number of fused-ring (bicyclic) bond motifs is 1. The Kier molecular flexibility index (Phi) is 6.87. The van der Waals surface area contributed by atoms with E-state index in [1.165, 1.54) is 30.5 Å². The van der Waals surface area contributed by atoms with Crippen LogP contribution in [0.1, 0.15) is 26.3 Å². The van der Waals surface area contributed by atoms with Gasteiger partial charge in [-0.1, -0.05) is 19.1 Å². The van der Waals surface area contributed by atoms with E-state index in [1.807, 2.05) is 6.92 Å². The van der Waals surface area contributed by atoms with Crippen LogP contribution in [-0.4, -0.2) is 36.4 Å². The molecule has 0 saturated heterocycles. The maximum absolute atomic E-state index is 13.2. The van der Waals surface area contributed by atoms with Crippen molar-refractivity contribution in [1.82, 2.24) is 9.13 Å². The van der Waals surface area contributed by atoms with Gasteiger partial charge in [0.2, 0.25) is 11.7 Å². The molecule has 0 aliphatic carbocycles. The van der Waals surface area contributed by atoms with Crippen molar-refractivity contribution in [2.75, 3.05) is 26.6 Å². The topological polar surface area (TPSA) is 101 Å². The Balaban J connectivity index is 2.03. The smallest absolute Gasteiger partial charge is 0.332 e. The lowest BCUT2D eigenvalue weighted by atomic mass is 10.2. The molecule has 1 atom stereocenters. The van der Waals surface area contributed by atoms with E-state index < -0.39 is 11.6 Å². The Bertz CT molecular complexity index is 1240. The zero-order valence-electron chi connectivity index (χ0n) is 18.8. The third-order valence-corrected chi connectivity index (χ3v) is 5.36. The summed E-state index contributed by atoms with van der Waals surface area (Å²) in [5, 5.41) is 3.14. The van der Waals surface area contributed by atoms with Crippen LogP contribution < -0.4 is 30.8 Å². The molecular weight excluding hydrogens is 414 g/mol. The Morgan fingerprint density at radius 3 is 2.22 bits per heavy atom. The lowest BCUT2D eigenvalue weighted by Gasteiger charge is -2.18. The summed E-state index contributed by atoms with van der Waals surface area (Å²) in [6.45, 7) is 3.43. The number of aromatic nitrogens is 2. The van der Waals surface area contributed by atoms with Crippen LogP contribution in [0.2, 0.25) is 0 Å². The Morgan fingerprint density at radius 1 is 1.03 bits per heavy atom. The van der Waals surface area contributed by atoms with E-state index in [2.05, 4.69) is 5.32 Å². The number of para-hydroxylation sites is 1. The van der Waals surface area contributed by atoms with E-state index in [4.69, 9.17) is 14.2 Å². The second-order valence-electron chi connectivity index (χ2n) is 7.28. The number of carbonyl (C=O) groups is 1. The third-order valence-electron chi connectivity index (χ3n) is 5.36. The first-order valence-corrected chi connectivity index (χ1v) is 10.2. The van der Waals surface area contributed by atoms with Gasteiger partial charge in [-0.3, -0.25) is 18.7 Å². The second kappa shape index (κ2) is 9.59. The van der Waals surface area contributed by atoms with Gasteiger partial charge in [0.1, 0.15) is 6.54 Å². The first-order chi connectivity index (χ1) is 15.4. The fraction of sp³-hybridized carbons (Fsp3) is 0.348. The number of anilines is 1. The van der Waals surface area contributed by atoms with E-state index in [9.17, 15) is 14.4 Å². The number of nitrogens with one attached hydrogen (secondary N) is 1. The molecule has 0 aliphatic rings. The summed E-state index contributed by atoms with van der Waals surface area (Å²) in [5.74, 6) is 0.724. The van der Waals surface area contributed by atoms with E-state index in [1.54, 1.807) is 43.3 Å². The van der Waals surface area contributed by atoms with Crippen molar-refractivity contribution in [3.63, 3.8) is 0 Å². The maximum Gasteiger partial charge on any atom is 0.332 e. The standard InChI is InChI=1S/C23H27N3O6/c1-6-14(2)26-22(28)16-9-7-8-10-17(16)25(23(26)29)13-20(27)24-15-11-18(30-3)21(32-5)19(12-15)31-4/h7-12,14H,6,13H2,1-5H3,(H,24,27)/t14-/m1/s1. The largest absolute Gasteiger partial charge is 0.493 e. The van der Waals surface area contributed by atoms with Crippen molar-refractivity contribution in [3.05, 3.63) is 57.2 Å². The molecule has 0 unspecified atom stereocenters. The molecule has 0 fully saturated rings. The number of amides is 1. The highest BCUT2D eigenvalue weighted by Crippen LogP contribution is 2.39. The maximum atomic E-state index is 13.2. The summed E-state index contributed by atoms with van der Waals surface area (Å²) in [5.41, 5.74) is -0.0662. The van der Waals surface area contributed by atoms with Crippen molar-refractivity contribution in [3.8, 4) is 17.2 Å². The predicted molar refractivity (Wildman–Crippen MR) is 122 cm³/mol. The summed E-state index contributed by atoms with van der Waals surface area (Å²) in [6, 6.07) is 9.66. The number of rotatable bonds is 8. The monoisotopic (exact) mass is 441 g/mol. The molecule has 9 nitrogen and oxygen atoms in total. The van der Waals surface area contributed by atoms with E-state index in [0.29, 0.717) is 40.3 Å². The summed E-state index contributed by atoms with van der Waals surface area (Å²) in [4.78, 5) is 39.0. The number of carbonyl (C=O) groups excluding carboxylic acids is 1. The molecule has 32 heavy (non-hydrogen) atoms. The number of hydrogen-bond donors (Lipinski definition) is 1. The van der Waals surface area contributed by atoms with Crippen LogP contribution in [0.3, 0.4) is 0 Å². The lowest BCUT2D eigenvalue weighted by Crippen LogP contribution is -2.43. The minimum atomic E-state index is -0.525. The van der Waals surface area contributed by atoms with Crippen LogP contribution in [-0.2, 0) is 11.3 Å². The number of hydrogen-bond acceptors (Lipinski definition) is 6. The van der Waals surface area contributed by atoms with Gasteiger partial charge >= 0.3 is 5.69 Å². The van der Waals surface area contributed by atoms with E-state index >= 15 is 0 Å². The fourth-order valence-electron chi connectivity index (χ4n) is 3.56. The summed E-state index contributed by atoms with van der Waals surface area (Å²) in [7, 11) is 4.45. The average Bonchev–Trinajstić information content (AvgIpc) is 2.80. The molecule has 9 heteroatoms. The molecule has 170 valence electrons. The van der Waals surface area contributed by atoms with Gasteiger partial charge in [-0.2, -0.15) is 0 Å². The first-order valence-electron chi connectivity index (χ1n) is 10.2. The molecule has 3 rings (SSSR count). The fourth-order valence-corrected chi connectivity index (χ4v) is 3.56. The molecular formula is C23H27N3O6. The Labute approximate surface area is 185 Å². The van der Waals surface area contributed by atoms with Gasteiger partial charge in [-0.05, 0) is 25.5 Å². The van der Waals surface area contributed by atoms with Gasteiger partial charge in [-0.15, -0.1) is 0 Å². The highest BCUT2D eigenvalue weighted by molar-refractivity contribution is 5.92. The van der Waals surface area contributed by atoms with E-state index in [0.717, 1.165) is 0 Å².